The standard InChI is InChI=1S/C12H11BrClN3O/c1-7-8(6-16-17-7)5-15-12(18)10-3-2-9(13)4-11(10)14/h2-4,6H,5H2,1H3,(H,15,18)(H,16,17). The summed E-state index contributed by atoms with van der Waals surface area (Å²) < 4.78 is 0.842. The molecule has 1 aromatic heterocycles. The average molecular weight is 329 g/mol. The minimum atomic E-state index is -0.201. The lowest BCUT2D eigenvalue weighted by atomic mass is 10.2. The van der Waals surface area contributed by atoms with E-state index in [9.17, 15) is 4.79 Å². The first-order chi connectivity index (χ1) is 8.58. The van der Waals surface area contributed by atoms with Crippen LogP contribution < -0.4 is 5.32 Å². The Hall–Kier alpha value is -1.33. The predicted molar refractivity (Wildman–Crippen MR) is 73.6 cm³/mol. The van der Waals surface area contributed by atoms with Gasteiger partial charge < -0.3 is 5.32 Å². The number of amides is 1. The number of hydrogen-bond acceptors (Lipinski definition) is 2. The minimum Gasteiger partial charge on any atom is -0.348 e. The first-order valence-corrected chi connectivity index (χ1v) is 6.47. The van der Waals surface area contributed by atoms with Crippen molar-refractivity contribution in [2.45, 2.75) is 13.5 Å². The molecule has 1 aromatic carbocycles. The molecule has 2 aromatic rings. The largest absolute Gasteiger partial charge is 0.348 e. The Morgan fingerprint density at radius 1 is 1.56 bits per heavy atom. The summed E-state index contributed by atoms with van der Waals surface area (Å²) in [5.74, 6) is -0.201. The van der Waals surface area contributed by atoms with Gasteiger partial charge in [0.25, 0.3) is 5.91 Å². The van der Waals surface area contributed by atoms with Gasteiger partial charge in [-0.1, -0.05) is 27.5 Å². The normalized spacial score (nSPS) is 10.4. The molecule has 0 aliphatic heterocycles. The molecule has 4 nitrogen and oxygen atoms in total. The number of carbonyl (C=O) groups is 1. The molecule has 0 radical (unpaired) electrons. The number of nitrogens with zero attached hydrogens (tertiary/aromatic N) is 1. The molecule has 1 amide bonds. The third kappa shape index (κ3) is 2.91. The van der Waals surface area contributed by atoms with Gasteiger partial charge in [0.1, 0.15) is 0 Å². The van der Waals surface area contributed by atoms with Crippen LogP contribution in [-0.2, 0) is 6.54 Å². The molecule has 2 N–H and O–H groups in total. The summed E-state index contributed by atoms with van der Waals surface area (Å²) in [6.07, 6.45) is 1.69. The number of aryl methyl sites for hydroxylation is 1. The second-order valence-corrected chi connectivity index (χ2v) is 5.15. The molecule has 0 bridgehead atoms. The van der Waals surface area contributed by atoms with Gasteiger partial charge in [-0.2, -0.15) is 5.10 Å². The fourth-order valence-corrected chi connectivity index (χ4v) is 2.26. The van der Waals surface area contributed by atoms with Crippen LogP contribution in [0.25, 0.3) is 0 Å². The van der Waals surface area contributed by atoms with Gasteiger partial charge >= 0.3 is 0 Å². The summed E-state index contributed by atoms with van der Waals surface area (Å²) in [7, 11) is 0. The van der Waals surface area contributed by atoms with Crippen LogP contribution in [0.2, 0.25) is 5.02 Å². The highest BCUT2D eigenvalue weighted by Gasteiger charge is 2.11. The molecule has 2 rings (SSSR count). The first-order valence-electron chi connectivity index (χ1n) is 5.30. The Kier molecular flexibility index (Phi) is 4.04. The van der Waals surface area contributed by atoms with E-state index in [1.165, 1.54) is 0 Å². The van der Waals surface area contributed by atoms with Gasteiger partial charge in [-0.05, 0) is 25.1 Å². The van der Waals surface area contributed by atoms with E-state index in [1.54, 1.807) is 24.4 Å². The van der Waals surface area contributed by atoms with E-state index in [0.29, 0.717) is 17.1 Å². The van der Waals surface area contributed by atoms with Gasteiger partial charge in [0.2, 0.25) is 0 Å². The number of carbonyl (C=O) groups excluding carboxylic acids is 1. The molecule has 1 heterocycles. The SMILES string of the molecule is Cc1[nH]ncc1CNC(=O)c1ccc(Br)cc1Cl. The van der Waals surface area contributed by atoms with Gasteiger partial charge in [-0.15, -0.1) is 0 Å². The molecule has 94 valence electrons. The van der Waals surface area contributed by atoms with Crippen LogP contribution in [0.1, 0.15) is 21.6 Å². The quantitative estimate of drug-likeness (QED) is 0.910. The maximum atomic E-state index is 11.9. The van der Waals surface area contributed by atoms with Crippen molar-refractivity contribution in [2.24, 2.45) is 0 Å². The number of hydrogen-bond donors (Lipinski definition) is 2. The zero-order valence-electron chi connectivity index (χ0n) is 9.63. The summed E-state index contributed by atoms with van der Waals surface area (Å²) in [5.41, 5.74) is 2.36. The van der Waals surface area contributed by atoms with Crippen molar-refractivity contribution in [1.82, 2.24) is 15.5 Å². The van der Waals surface area contributed by atoms with Gasteiger partial charge in [-0.3, -0.25) is 9.89 Å². The molecule has 0 atom stereocenters. The monoisotopic (exact) mass is 327 g/mol. The fraction of sp³-hybridized carbons (Fsp3) is 0.167. The number of rotatable bonds is 3. The molecular weight excluding hydrogens is 318 g/mol. The second-order valence-electron chi connectivity index (χ2n) is 3.83. The lowest BCUT2D eigenvalue weighted by molar-refractivity contribution is 0.0951. The molecule has 0 saturated carbocycles. The number of aromatic nitrogens is 2. The smallest absolute Gasteiger partial charge is 0.253 e. The predicted octanol–water partition coefficient (Wildman–Crippen LogP) is 3.06. The molecule has 0 spiro atoms. The van der Waals surface area contributed by atoms with Crippen LogP contribution >= 0.6 is 27.5 Å². The van der Waals surface area contributed by atoms with Crippen LogP contribution in [0.3, 0.4) is 0 Å². The number of benzene rings is 1. The zero-order chi connectivity index (χ0) is 13.1. The lowest BCUT2D eigenvalue weighted by Gasteiger charge is -2.06. The molecule has 0 unspecified atom stereocenters. The molecule has 18 heavy (non-hydrogen) atoms. The topological polar surface area (TPSA) is 57.8 Å². The summed E-state index contributed by atoms with van der Waals surface area (Å²) in [6.45, 7) is 2.33. The third-order valence-electron chi connectivity index (χ3n) is 2.55. The van der Waals surface area contributed by atoms with Crippen LogP contribution in [0.15, 0.2) is 28.9 Å². The molecule has 0 saturated heterocycles. The van der Waals surface area contributed by atoms with Crippen LogP contribution in [0.4, 0.5) is 0 Å². The molecule has 0 fully saturated rings. The van der Waals surface area contributed by atoms with Gasteiger partial charge in [0.05, 0.1) is 16.8 Å². The van der Waals surface area contributed by atoms with E-state index in [-0.39, 0.29) is 5.91 Å². The van der Waals surface area contributed by atoms with Crippen molar-refractivity contribution in [2.75, 3.05) is 0 Å². The fourth-order valence-electron chi connectivity index (χ4n) is 1.50. The first kappa shape index (κ1) is 13.1. The van der Waals surface area contributed by atoms with E-state index in [4.69, 9.17) is 11.6 Å². The van der Waals surface area contributed by atoms with Crippen molar-refractivity contribution in [3.63, 3.8) is 0 Å². The van der Waals surface area contributed by atoms with Crippen LogP contribution in [0.5, 0.6) is 0 Å². The number of H-pyrrole nitrogens is 1. The average Bonchev–Trinajstić information content (AvgIpc) is 2.72. The summed E-state index contributed by atoms with van der Waals surface area (Å²) in [6, 6.07) is 5.16. The zero-order valence-corrected chi connectivity index (χ0v) is 12.0. The van der Waals surface area contributed by atoms with Crippen molar-refractivity contribution in [1.29, 1.82) is 0 Å². The lowest BCUT2D eigenvalue weighted by Crippen LogP contribution is -2.23. The molecule has 6 heteroatoms. The number of nitrogens with one attached hydrogen (secondary N) is 2. The van der Waals surface area contributed by atoms with Gasteiger partial charge in [0, 0.05) is 22.3 Å². The van der Waals surface area contributed by atoms with Gasteiger partial charge in [-0.25, -0.2) is 0 Å². The Morgan fingerprint density at radius 3 is 2.94 bits per heavy atom. The van der Waals surface area contributed by atoms with Crippen LogP contribution in [-0.4, -0.2) is 16.1 Å². The number of aromatic amines is 1. The van der Waals surface area contributed by atoms with E-state index in [2.05, 4.69) is 31.4 Å². The Bertz CT molecular complexity index is 582. The maximum absolute atomic E-state index is 11.9. The van der Waals surface area contributed by atoms with E-state index >= 15 is 0 Å². The highest BCUT2D eigenvalue weighted by Crippen LogP contribution is 2.21. The number of halogens is 2. The van der Waals surface area contributed by atoms with E-state index in [0.717, 1.165) is 15.7 Å². The third-order valence-corrected chi connectivity index (χ3v) is 3.36. The van der Waals surface area contributed by atoms with Crippen molar-refractivity contribution >= 4 is 33.4 Å². The van der Waals surface area contributed by atoms with Crippen molar-refractivity contribution in [3.8, 4) is 0 Å². The van der Waals surface area contributed by atoms with Crippen LogP contribution in [0, 0.1) is 6.92 Å². The Labute approximate surface area is 118 Å². The van der Waals surface area contributed by atoms with E-state index < -0.39 is 0 Å². The maximum Gasteiger partial charge on any atom is 0.253 e. The van der Waals surface area contributed by atoms with Gasteiger partial charge in [0.15, 0.2) is 0 Å². The summed E-state index contributed by atoms with van der Waals surface area (Å²) >= 11 is 9.30. The van der Waals surface area contributed by atoms with Crippen molar-refractivity contribution in [3.05, 3.63) is 50.7 Å². The summed E-state index contributed by atoms with van der Waals surface area (Å²) in [5, 5.41) is 9.94. The van der Waals surface area contributed by atoms with Crippen molar-refractivity contribution < 1.29 is 4.79 Å². The Balaban J connectivity index is 2.06. The van der Waals surface area contributed by atoms with E-state index in [1.807, 2.05) is 6.92 Å². The molecule has 0 aliphatic rings. The second kappa shape index (κ2) is 5.54. The molecule has 0 aliphatic carbocycles. The minimum absolute atomic E-state index is 0.201. The molecular formula is C12H11BrClN3O. The highest BCUT2D eigenvalue weighted by molar-refractivity contribution is 9.10. The summed E-state index contributed by atoms with van der Waals surface area (Å²) in [4.78, 5) is 11.9. The highest BCUT2D eigenvalue weighted by atomic mass is 79.9. The Morgan fingerprint density at radius 2 is 2.33 bits per heavy atom.